The molecule has 0 amide bonds. The van der Waals surface area contributed by atoms with Crippen LogP contribution < -0.4 is 4.90 Å². The molecule has 0 bridgehead atoms. The summed E-state index contributed by atoms with van der Waals surface area (Å²) in [6.07, 6.45) is 0. The number of rotatable bonds is 4. The van der Waals surface area contributed by atoms with Crippen LogP contribution in [0.1, 0.15) is 0 Å². The highest BCUT2D eigenvalue weighted by Crippen LogP contribution is 2.53. The van der Waals surface area contributed by atoms with Crippen LogP contribution in [0.5, 0.6) is 0 Å². The average molecular weight is 583 g/mol. The third-order valence-corrected chi connectivity index (χ3v) is 10.2. The molecule has 0 aliphatic carbocycles. The zero-order valence-electron chi connectivity index (χ0n) is 24.9. The van der Waals surface area contributed by atoms with E-state index in [0.29, 0.717) is 0 Å². The van der Waals surface area contributed by atoms with Crippen LogP contribution >= 0.6 is 0 Å². The molecule has 0 aliphatic rings. The molecule has 0 radical (unpaired) electrons. The van der Waals surface area contributed by atoms with Crippen LogP contribution in [-0.4, -0.2) is 4.57 Å². The lowest BCUT2D eigenvalue weighted by atomic mass is 9.91. The molecule has 0 aliphatic heterocycles. The Morgan fingerprint density at radius 1 is 0.348 bits per heavy atom. The summed E-state index contributed by atoms with van der Waals surface area (Å²) in [7, 11) is 0. The second-order valence-corrected chi connectivity index (χ2v) is 12.5. The fraction of sp³-hybridized carbons (Fsp3) is 0. The Kier molecular flexibility index (Phi) is 4.61. The SMILES string of the molecule is c1ccc(N(c2ccccc2)c2cc3c4c5c2ccc2ccc6ccc7ccc8ccc(c4c8c7c6c25)n3-c2ccccc2)cc1. The zero-order valence-corrected chi connectivity index (χ0v) is 24.9. The first-order valence-electron chi connectivity index (χ1n) is 16.0. The van der Waals surface area contributed by atoms with Crippen molar-refractivity contribution in [1.29, 1.82) is 0 Å². The molecule has 2 nitrogen and oxygen atoms in total. The molecule has 212 valence electrons. The highest BCUT2D eigenvalue weighted by Gasteiger charge is 2.27. The van der Waals surface area contributed by atoms with Gasteiger partial charge in [0.25, 0.3) is 0 Å². The number of nitrogens with zero attached hydrogens (tertiary/aromatic N) is 2. The second-order valence-electron chi connectivity index (χ2n) is 12.5. The van der Waals surface area contributed by atoms with E-state index < -0.39 is 0 Å². The number of aromatic nitrogens is 1. The Hall–Kier alpha value is -6.12. The van der Waals surface area contributed by atoms with Gasteiger partial charge in [-0.25, -0.2) is 0 Å². The molecule has 0 fully saturated rings. The second kappa shape index (κ2) is 8.74. The number of para-hydroxylation sites is 3. The Bertz CT molecular complexity index is 2840. The van der Waals surface area contributed by atoms with Gasteiger partial charge in [-0.05, 0) is 86.2 Å². The molecule has 0 spiro atoms. The summed E-state index contributed by atoms with van der Waals surface area (Å²) in [5.41, 5.74) is 7.09. The molecule has 11 rings (SSSR count). The lowest BCUT2D eigenvalue weighted by molar-refractivity contribution is 1.18. The van der Waals surface area contributed by atoms with Gasteiger partial charge >= 0.3 is 0 Å². The van der Waals surface area contributed by atoms with E-state index in [-0.39, 0.29) is 0 Å². The van der Waals surface area contributed by atoms with Crippen molar-refractivity contribution < 1.29 is 0 Å². The minimum Gasteiger partial charge on any atom is -0.310 e. The molecule has 2 heteroatoms. The summed E-state index contributed by atoms with van der Waals surface area (Å²) in [6.45, 7) is 0. The minimum absolute atomic E-state index is 1.14. The van der Waals surface area contributed by atoms with Gasteiger partial charge in [-0.3, -0.25) is 0 Å². The van der Waals surface area contributed by atoms with E-state index in [0.717, 1.165) is 11.4 Å². The maximum atomic E-state index is 2.49. The van der Waals surface area contributed by atoms with Crippen LogP contribution in [0.15, 0.2) is 158 Å². The lowest BCUT2D eigenvalue weighted by Crippen LogP contribution is -2.10. The number of hydrogen-bond acceptors (Lipinski definition) is 1. The average Bonchev–Trinajstić information content (AvgIpc) is 3.38. The highest BCUT2D eigenvalue weighted by molar-refractivity contribution is 6.46. The highest BCUT2D eigenvalue weighted by atomic mass is 15.1. The summed E-state index contributed by atoms with van der Waals surface area (Å²) in [4.78, 5) is 2.43. The van der Waals surface area contributed by atoms with Gasteiger partial charge in [0.1, 0.15) is 0 Å². The number of benzene rings is 9. The predicted molar refractivity (Wildman–Crippen MR) is 197 cm³/mol. The molecular formula is C44H26N2. The van der Waals surface area contributed by atoms with E-state index in [2.05, 4.69) is 167 Å². The lowest BCUT2D eigenvalue weighted by Gasteiger charge is -2.27. The van der Waals surface area contributed by atoms with Crippen LogP contribution in [0.4, 0.5) is 17.1 Å². The van der Waals surface area contributed by atoms with Crippen LogP contribution in [-0.2, 0) is 0 Å². The molecule has 0 atom stereocenters. The van der Waals surface area contributed by atoms with Gasteiger partial charge in [0, 0.05) is 44.0 Å². The van der Waals surface area contributed by atoms with Gasteiger partial charge in [-0.1, -0.05) is 109 Å². The largest absolute Gasteiger partial charge is 0.310 e. The van der Waals surface area contributed by atoms with Crippen LogP contribution in [0.25, 0.3) is 81.4 Å². The van der Waals surface area contributed by atoms with Gasteiger partial charge in [0.15, 0.2) is 0 Å². The van der Waals surface area contributed by atoms with Crippen molar-refractivity contribution in [2.75, 3.05) is 4.90 Å². The van der Waals surface area contributed by atoms with Gasteiger partial charge in [-0.15, -0.1) is 0 Å². The summed E-state index contributed by atoms with van der Waals surface area (Å²) in [5, 5.41) is 15.9. The molecular weight excluding hydrogens is 556 g/mol. The van der Waals surface area contributed by atoms with Crippen molar-refractivity contribution in [3.8, 4) is 5.69 Å². The van der Waals surface area contributed by atoms with E-state index in [1.807, 2.05) is 0 Å². The summed E-state index contributed by atoms with van der Waals surface area (Å²) < 4.78 is 2.49. The molecule has 11 aromatic rings. The van der Waals surface area contributed by atoms with Crippen molar-refractivity contribution in [2.45, 2.75) is 0 Å². The van der Waals surface area contributed by atoms with E-state index in [1.165, 1.54) is 87.0 Å². The third kappa shape index (κ3) is 3.01. The molecule has 0 N–H and O–H groups in total. The number of hydrogen-bond donors (Lipinski definition) is 0. The topological polar surface area (TPSA) is 8.17 Å². The van der Waals surface area contributed by atoms with Crippen molar-refractivity contribution in [1.82, 2.24) is 4.57 Å². The van der Waals surface area contributed by atoms with Crippen LogP contribution in [0.2, 0.25) is 0 Å². The Balaban J connectivity index is 1.48. The smallest absolute Gasteiger partial charge is 0.0568 e. The normalized spacial score (nSPS) is 12.3. The standard InChI is InChI=1S/C44H26N2/c1-4-10-31(11-5-1)45(32-12-6-2-7-13-32)36-26-37-44-42-34(36)24-22-29-20-18-27-16-17-28-19-21-30-23-25-35(46(37)33-14-8-3-9-15-33)43(44)41(30)39(28)38(27)40(29)42/h1-26H. The van der Waals surface area contributed by atoms with Crippen LogP contribution in [0, 0.1) is 0 Å². The first-order chi connectivity index (χ1) is 22.8. The molecule has 10 aromatic carbocycles. The summed E-state index contributed by atoms with van der Waals surface area (Å²) in [6, 6.07) is 58.1. The van der Waals surface area contributed by atoms with Crippen molar-refractivity contribution in [2.24, 2.45) is 0 Å². The molecule has 1 aromatic heterocycles. The van der Waals surface area contributed by atoms with E-state index >= 15 is 0 Å². The molecule has 0 saturated carbocycles. The fourth-order valence-corrected chi connectivity index (χ4v) is 8.35. The monoisotopic (exact) mass is 582 g/mol. The quantitative estimate of drug-likeness (QED) is 0.187. The van der Waals surface area contributed by atoms with Gasteiger partial charge in [0.05, 0.1) is 16.7 Å². The summed E-state index contributed by atoms with van der Waals surface area (Å²) in [5.74, 6) is 0. The first kappa shape index (κ1) is 24.2. The Morgan fingerprint density at radius 3 is 1.35 bits per heavy atom. The van der Waals surface area contributed by atoms with Crippen molar-refractivity contribution >= 4 is 92.7 Å². The fourth-order valence-electron chi connectivity index (χ4n) is 8.35. The minimum atomic E-state index is 1.14. The maximum absolute atomic E-state index is 2.49. The summed E-state index contributed by atoms with van der Waals surface area (Å²) >= 11 is 0. The third-order valence-electron chi connectivity index (χ3n) is 10.2. The van der Waals surface area contributed by atoms with E-state index in [4.69, 9.17) is 0 Å². The van der Waals surface area contributed by atoms with Crippen LogP contribution in [0.3, 0.4) is 0 Å². The van der Waals surface area contributed by atoms with E-state index in [9.17, 15) is 0 Å². The molecule has 46 heavy (non-hydrogen) atoms. The molecule has 1 heterocycles. The van der Waals surface area contributed by atoms with Crippen molar-refractivity contribution in [3.05, 3.63) is 158 Å². The zero-order chi connectivity index (χ0) is 29.9. The van der Waals surface area contributed by atoms with Gasteiger partial charge in [0.2, 0.25) is 0 Å². The van der Waals surface area contributed by atoms with E-state index in [1.54, 1.807) is 0 Å². The van der Waals surface area contributed by atoms with Crippen molar-refractivity contribution in [3.63, 3.8) is 0 Å². The first-order valence-corrected chi connectivity index (χ1v) is 16.0. The van der Waals surface area contributed by atoms with Gasteiger partial charge < -0.3 is 9.47 Å². The Labute approximate surface area is 264 Å². The predicted octanol–water partition coefficient (Wildman–Crippen LogP) is 12.3. The van der Waals surface area contributed by atoms with Gasteiger partial charge in [-0.2, -0.15) is 0 Å². The molecule has 0 saturated heterocycles. The Morgan fingerprint density at radius 2 is 0.783 bits per heavy atom. The maximum Gasteiger partial charge on any atom is 0.0568 e. The number of anilines is 3. The molecule has 0 unspecified atom stereocenters.